The number of benzene rings is 1. The van der Waals surface area contributed by atoms with Gasteiger partial charge in [-0.25, -0.2) is 13.1 Å². The fraction of sp³-hybridized carbons (Fsp3) is 0.333. The molecule has 2 aromatic rings. The normalized spacial score (nSPS) is 18.1. The lowest BCUT2D eigenvalue weighted by Gasteiger charge is -2.27. The lowest BCUT2D eigenvalue weighted by Crippen LogP contribution is -2.42. The second-order valence-corrected chi connectivity index (χ2v) is 8.52. The highest BCUT2D eigenvalue weighted by molar-refractivity contribution is 7.89. The van der Waals surface area contributed by atoms with E-state index in [1.807, 2.05) is 17.5 Å². The molecule has 2 N–H and O–H groups in total. The van der Waals surface area contributed by atoms with E-state index in [2.05, 4.69) is 4.72 Å². The molecule has 0 aliphatic heterocycles. The maximum Gasteiger partial charge on any atom is 0.242 e. The monoisotopic (exact) mass is 357 g/mol. The van der Waals surface area contributed by atoms with Crippen LogP contribution in [-0.4, -0.2) is 20.1 Å². The number of rotatable bonds is 6. The quantitative estimate of drug-likeness (QED) is 0.835. The van der Waals surface area contributed by atoms with Crippen molar-refractivity contribution < 1.29 is 13.5 Å². The van der Waals surface area contributed by atoms with E-state index in [4.69, 9.17) is 11.6 Å². The van der Waals surface area contributed by atoms with E-state index in [1.165, 1.54) is 23.5 Å². The van der Waals surface area contributed by atoms with Crippen LogP contribution in [0.15, 0.2) is 46.7 Å². The molecule has 1 unspecified atom stereocenters. The van der Waals surface area contributed by atoms with Gasteiger partial charge >= 0.3 is 0 Å². The van der Waals surface area contributed by atoms with Crippen molar-refractivity contribution in [3.05, 3.63) is 51.7 Å². The Bertz CT molecular complexity index is 757. The maximum absolute atomic E-state index is 12.4. The molecule has 0 amide bonds. The van der Waals surface area contributed by atoms with Crippen molar-refractivity contribution >= 4 is 33.0 Å². The SMILES string of the molecule is O=S(=O)(NCC(O)(c1cccs1)C1CC1)c1ccccc1Cl. The van der Waals surface area contributed by atoms with Crippen LogP contribution in [0.5, 0.6) is 0 Å². The zero-order chi connectivity index (χ0) is 15.8. The van der Waals surface area contributed by atoms with Gasteiger partial charge in [-0.05, 0) is 42.3 Å². The summed E-state index contributed by atoms with van der Waals surface area (Å²) in [4.78, 5) is 0.817. The third-order valence-electron chi connectivity index (χ3n) is 3.86. The second-order valence-electron chi connectivity index (χ2n) is 5.43. The smallest absolute Gasteiger partial charge is 0.242 e. The van der Waals surface area contributed by atoms with Crippen LogP contribution < -0.4 is 4.72 Å². The standard InChI is InChI=1S/C15H16ClNO3S2/c16-12-4-1-2-5-13(12)22(19,20)17-10-15(18,11-7-8-11)14-6-3-9-21-14/h1-6,9,11,17-18H,7-8,10H2. The third kappa shape index (κ3) is 3.07. The van der Waals surface area contributed by atoms with E-state index in [0.717, 1.165) is 17.7 Å². The van der Waals surface area contributed by atoms with E-state index >= 15 is 0 Å². The third-order valence-corrected chi connectivity index (χ3v) is 6.80. The number of hydrogen-bond acceptors (Lipinski definition) is 4. The van der Waals surface area contributed by atoms with Crippen LogP contribution >= 0.6 is 22.9 Å². The summed E-state index contributed by atoms with van der Waals surface area (Å²) in [6, 6.07) is 9.97. The molecule has 22 heavy (non-hydrogen) atoms. The number of thiophene rings is 1. The van der Waals surface area contributed by atoms with Crippen LogP contribution in [0, 0.1) is 5.92 Å². The topological polar surface area (TPSA) is 66.4 Å². The Kier molecular flexibility index (Phi) is 4.31. The van der Waals surface area contributed by atoms with Crippen molar-refractivity contribution in [1.29, 1.82) is 0 Å². The Morgan fingerprint density at radius 2 is 2.00 bits per heavy atom. The van der Waals surface area contributed by atoms with Crippen LogP contribution in [0.2, 0.25) is 5.02 Å². The Morgan fingerprint density at radius 3 is 2.59 bits per heavy atom. The van der Waals surface area contributed by atoms with E-state index in [0.29, 0.717) is 0 Å². The highest BCUT2D eigenvalue weighted by atomic mass is 35.5. The van der Waals surface area contributed by atoms with Crippen LogP contribution in [0.3, 0.4) is 0 Å². The zero-order valence-corrected chi connectivity index (χ0v) is 14.1. The summed E-state index contributed by atoms with van der Waals surface area (Å²) >= 11 is 7.39. The van der Waals surface area contributed by atoms with Gasteiger partial charge in [-0.2, -0.15) is 0 Å². The molecule has 1 saturated carbocycles. The molecule has 4 nitrogen and oxygen atoms in total. The largest absolute Gasteiger partial charge is 0.383 e. The maximum atomic E-state index is 12.4. The summed E-state index contributed by atoms with van der Waals surface area (Å²) in [5, 5.41) is 13.0. The summed E-state index contributed by atoms with van der Waals surface area (Å²) < 4.78 is 27.3. The average molecular weight is 358 g/mol. The van der Waals surface area contributed by atoms with Gasteiger partial charge in [0.15, 0.2) is 0 Å². The Balaban J connectivity index is 1.83. The number of nitrogens with one attached hydrogen (secondary N) is 1. The first-order chi connectivity index (χ1) is 10.4. The fourth-order valence-electron chi connectivity index (χ4n) is 2.46. The van der Waals surface area contributed by atoms with Crippen LogP contribution in [0.25, 0.3) is 0 Å². The molecule has 0 bridgehead atoms. The van der Waals surface area contributed by atoms with Crippen molar-refractivity contribution in [3.8, 4) is 0 Å². The molecule has 0 saturated heterocycles. The van der Waals surface area contributed by atoms with Gasteiger partial charge in [0.2, 0.25) is 10.0 Å². The molecule has 1 heterocycles. The van der Waals surface area contributed by atoms with Crippen molar-refractivity contribution in [2.24, 2.45) is 5.92 Å². The molecule has 1 atom stereocenters. The predicted octanol–water partition coefficient (Wildman–Crippen LogP) is 2.98. The van der Waals surface area contributed by atoms with Gasteiger partial charge < -0.3 is 5.11 Å². The first kappa shape index (κ1) is 16.0. The summed E-state index contributed by atoms with van der Waals surface area (Å²) in [5.41, 5.74) is -1.15. The number of sulfonamides is 1. The molecule has 7 heteroatoms. The van der Waals surface area contributed by atoms with E-state index < -0.39 is 15.6 Å². The van der Waals surface area contributed by atoms with Crippen molar-refractivity contribution in [3.63, 3.8) is 0 Å². The van der Waals surface area contributed by atoms with Gasteiger partial charge in [0, 0.05) is 11.4 Å². The minimum absolute atomic E-state index is 0.0287. The Labute approximate surface area is 138 Å². The lowest BCUT2D eigenvalue weighted by atomic mass is 9.96. The van der Waals surface area contributed by atoms with Gasteiger partial charge in [0.25, 0.3) is 0 Å². The number of halogens is 1. The highest BCUT2D eigenvalue weighted by Crippen LogP contribution is 2.46. The highest BCUT2D eigenvalue weighted by Gasteiger charge is 2.46. The van der Waals surface area contributed by atoms with Gasteiger partial charge in [0.1, 0.15) is 10.5 Å². The molecule has 118 valence electrons. The van der Waals surface area contributed by atoms with Crippen LogP contribution in [-0.2, 0) is 15.6 Å². The summed E-state index contributed by atoms with van der Waals surface area (Å²) in [5.74, 6) is 0.0973. The van der Waals surface area contributed by atoms with Gasteiger partial charge in [-0.1, -0.05) is 29.8 Å². The molecule has 0 radical (unpaired) electrons. The minimum Gasteiger partial charge on any atom is -0.383 e. The van der Waals surface area contributed by atoms with E-state index in [9.17, 15) is 13.5 Å². The second kappa shape index (κ2) is 5.94. The van der Waals surface area contributed by atoms with Gasteiger partial charge in [0.05, 0.1) is 5.02 Å². The predicted molar refractivity (Wildman–Crippen MR) is 87.6 cm³/mol. The van der Waals surface area contributed by atoms with Crippen molar-refractivity contribution in [2.75, 3.05) is 6.54 Å². The summed E-state index contributed by atoms with van der Waals surface area (Å²) in [6.45, 7) is -0.0499. The summed E-state index contributed by atoms with van der Waals surface area (Å²) in [6.07, 6.45) is 1.81. The first-order valence-corrected chi connectivity index (χ1v) is 9.68. The number of hydrogen-bond donors (Lipinski definition) is 2. The van der Waals surface area contributed by atoms with Gasteiger partial charge in [-0.15, -0.1) is 11.3 Å². The molecule has 1 aromatic carbocycles. The van der Waals surface area contributed by atoms with Crippen LogP contribution in [0.1, 0.15) is 17.7 Å². The van der Waals surface area contributed by atoms with E-state index in [1.54, 1.807) is 12.1 Å². The molecule has 1 fully saturated rings. The molecule has 0 spiro atoms. The molecular formula is C15H16ClNO3S2. The lowest BCUT2D eigenvalue weighted by molar-refractivity contribution is 0.0222. The average Bonchev–Trinajstić information content (AvgIpc) is 3.20. The molecule has 1 aliphatic carbocycles. The van der Waals surface area contributed by atoms with Crippen molar-refractivity contribution in [1.82, 2.24) is 4.72 Å². The minimum atomic E-state index is -3.76. The Morgan fingerprint density at radius 1 is 1.27 bits per heavy atom. The molecule has 3 rings (SSSR count). The number of aliphatic hydroxyl groups is 1. The van der Waals surface area contributed by atoms with Crippen LogP contribution in [0.4, 0.5) is 0 Å². The van der Waals surface area contributed by atoms with Crippen molar-refractivity contribution in [2.45, 2.75) is 23.3 Å². The molecule has 1 aliphatic rings. The fourth-order valence-corrected chi connectivity index (χ4v) is 4.96. The first-order valence-electron chi connectivity index (χ1n) is 6.94. The van der Waals surface area contributed by atoms with Gasteiger partial charge in [-0.3, -0.25) is 0 Å². The van der Waals surface area contributed by atoms with E-state index in [-0.39, 0.29) is 22.4 Å². The zero-order valence-electron chi connectivity index (χ0n) is 11.7. The summed E-state index contributed by atoms with van der Waals surface area (Å²) in [7, 11) is -3.76. The Hall–Kier alpha value is -0.920. The molecule has 1 aromatic heterocycles. The molecular weight excluding hydrogens is 342 g/mol.